The predicted octanol–water partition coefficient (Wildman–Crippen LogP) is 4.34. The fourth-order valence-corrected chi connectivity index (χ4v) is 6.75. The van der Waals surface area contributed by atoms with Gasteiger partial charge in [0.15, 0.2) is 0 Å². The van der Waals surface area contributed by atoms with Crippen LogP contribution in [0.3, 0.4) is 0 Å². The van der Waals surface area contributed by atoms with E-state index in [0.29, 0.717) is 10.8 Å². The molecule has 0 aliphatic carbocycles. The second-order valence-corrected chi connectivity index (χ2v) is 9.69. The van der Waals surface area contributed by atoms with Gasteiger partial charge in [0.25, 0.3) is 10.0 Å². The fraction of sp³-hybridized carbons (Fsp3) is 0.333. The maximum Gasteiger partial charge on any atom is 0.253 e. The Balaban J connectivity index is 1.98. The number of hydrogen-bond donors (Lipinski definition) is 0. The van der Waals surface area contributed by atoms with Gasteiger partial charge >= 0.3 is 0 Å². The molecule has 2 aromatic rings. The van der Waals surface area contributed by atoms with Crippen LogP contribution in [-0.4, -0.2) is 19.3 Å². The summed E-state index contributed by atoms with van der Waals surface area (Å²) in [5.41, 5.74) is 2.04. The number of rotatable bonds is 3. The van der Waals surface area contributed by atoms with E-state index in [1.54, 1.807) is 10.4 Å². The number of sulfonamides is 1. The summed E-state index contributed by atoms with van der Waals surface area (Å²) in [5, 5.41) is 0. The van der Waals surface area contributed by atoms with Crippen molar-refractivity contribution < 1.29 is 8.42 Å². The third-order valence-corrected chi connectivity index (χ3v) is 8.28. The van der Waals surface area contributed by atoms with Crippen molar-refractivity contribution in [1.29, 1.82) is 0 Å². The Kier molecular flexibility index (Phi) is 4.23. The standard InChI is InChI=1S/C15H16BrNO2S2/c1-11-10-14(20-15(11)16)21(18,19)17-9-5-8-13(17)12-6-3-2-4-7-12/h2-4,6-7,10,13H,5,8-9H2,1H3. The summed E-state index contributed by atoms with van der Waals surface area (Å²) < 4.78 is 28.8. The van der Waals surface area contributed by atoms with Crippen LogP contribution in [-0.2, 0) is 10.0 Å². The monoisotopic (exact) mass is 385 g/mol. The first-order valence-electron chi connectivity index (χ1n) is 6.83. The maximum atomic E-state index is 12.9. The molecule has 0 spiro atoms. The van der Waals surface area contributed by atoms with Crippen LogP contribution in [0.4, 0.5) is 0 Å². The quantitative estimate of drug-likeness (QED) is 0.787. The van der Waals surface area contributed by atoms with Gasteiger partial charge in [0, 0.05) is 6.54 Å². The lowest BCUT2D eigenvalue weighted by atomic mass is 10.1. The van der Waals surface area contributed by atoms with Gasteiger partial charge in [-0.2, -0.15) is 4.31 Å². The van der Waals surface area contributed by atoms with Crippen molar-refractivity contribution in [2.75, 3.05) is 6.54 Å². The van der Waals surface area contributed by atoms with Gasteiger partial charge < -0.3 is 0 Å². The first kappa shape index (κ1) is 15.2. The molecule has 2 heterocycles. The highest BCUT2D eigenvalue weighted by molar-refractivity contribution is 9.11. The molecule has 1 aliphatic rings. The van der Waals surface area contributed by atoms with E-state index < -0.39 is 10.0 Å². The summed E-state index contributed by atoms with van der Waals surface area (Å²) in [6, 6.07) is 11.6. The van der Waals surface area contributed by atoms with Crippen molar-refractivity contribution >= 4 is 37.3 Å². The van der Waals surface area contributed by atoms with Crippen LogP contribution in [0.5, 0.6) is 0 Å². The van der Waals surface area contributed by atoms with Gasteiger partial charge in [-0.1, -0.05) is 30.3 Å². The summed E-state index contributed by atoms with van der Waals surface area (Å²) in [4.78, 5) is 0. The second-order valence-electron chi connectivity index (χ2n) is 5.21. The van der Waals surface area contributed by atoms with E-state index in [1.807, 2.05) is 37.3 Å². The van der Waals surface area contributed by atoms with Gasteiger partial charge in [-0.05, 0) is 52.9 Å². The third-order valence-electron chi connectivity index (χ3n) is 3.79. The number of thiophene rings is 1. The summed E-state index contributed by atoms with van der Waals surface area (Å²) in [6.07, 6.45) is 1.79. The number of hydrogen-bond acceptors (Lipinski definition) is 3. The van der Waals surface area contributed by atoms with E-state index in [0.717, 1.165) is 27.8 Å². The summed E-state index contributed by atoms with van der Waals surface area (Å²) in [7, 11) is -3.42. The SMILES string of the molecule is Cc1cc(S(=O)(=O)N2CCCC2c2ccccc2)sc1Br. The Labute approximate surface area is 137 Å². The van der Waals surface area contributed by atoms with Crippen LogP contribution in [0.1, 0.15) is 30.0 Å². The van der Waals surface area contributed by atoms with Crippen LogP contribution >= 0.6 is 27.3 Å². The molecule has 1 unspecified atom stereocenters. The summed E-state index contributed by atoms with van der Waals surface area (Å²) in [6.45, 7) is 2.51. The van der Waals surface area contributed by atoms with Gasteiger partial charge in [0.2, 0.25) is 0 Å². The molecule has 0 bridgehead atoms. The molecule has 1 aromatic heterocycles. The minimum Gasteiger partial charge on any atom is -0.206 e. The van der Waals surface area contributed by atoms with Crippen molar-refractivity contribution in [3.63, 3.8) is 0 Å². The van der Waals surface area contributed by atoms with Gasteiger partial charge in [0.1, 0.15) is 4.21 Å². The number of benzene rings is 1. The zero-order chi connectivity index (χ0) is 15.0. The van der Waals surface area contributed by atoms with Crippen molar-refractivity contribution in [2.45, 2.75) is 30.0 Å². The molecule has 6 heteroatoms. The van der Waals surface area contributed by atoms with E-state index in [9.17, 15) is 8.42 Å². The Bertz CT molecular complexity index is 721. The lowest BCUT2D eigenvalue weighted by Gasteiger charge is -2.23. The average Bonchev–Trinajstić information content (AvgIpc) is 3.08. The molecule has 112 valence electrons. The van der Waals surface area contributed by atoms with E-state index in [-0.39, 0.29) is 6.04 Å². The first-order valence-corrected chi connectivity index (χ1v) is 9.88. The van der Waals surface area contributed by atoms with Crippen molar-refractivity contribution in [1.82, 2.24) is 4.31 Å². The van der Waals surface area contributed by atoms with Crippen LogP contribution in [0.25, 0.3) is 0 Å². The largest absolute Gasteiger partial charge is 0.253 e. The lowest BCUT2D eigenvalue weighted by molar-refractivity contribution is 0.398. The van der Waals surface area contributed by atoms with E-state index in [4.69, 9.17) is 0 Å². The molecular formula is C15H16BrNO2S2. The predicted molar refractivity (Wildman–Crippen MR) is 89.1 cm³/mol. The molecule has 1 aromatic carbocycles. The highest BCUT2D eigenvalue weighted by atomic mass is 79.9. The zero-order valence-corrected chi connectivity index (χ0v) is 14.8. The Morgan fingerprint density at radius 2 is 2.00 bits per heavy atom. The van der Waals surface area contributed by atoms with Crippen LogP contribution < -0.4 is 0 Å². The van der Waals surface area contributed by atoms with E-state index in [2.05, 4.69) is 15.9 Å². The Morgan fingerprint density at radius 1 is 1.29 bits per heavy atom. The van der Waals surface area contributed by atoms with Crippen molar-refractivity contribution in [2.24, 2.45) is 0 Å². The molecule has 1 fully saturated rings. The van der Waals surface area contributed by atoms with Crippen LogP contribution in [0.2, 0.25) is 0 Å². The molecule has 3 rings (SSSR count). The molecule has 0 radical (unpaired) electrons. The highest BCUT2D eigenvalue weighted by Crippen LogP contribution is 2.39. The van der Waals surface area contributed by atoms with Crippen molar-refractivity contribution in [3.8, 4) is 0 Å². The summed E-state index contributed by atoms with van der Waals surface area (Å²) >= 11 is 4.71. The normalized spacial score (nSPS) is 20.0. The molecular weight excluding hydrogens is 370 g/mol. The Hall–Kier alpha value is -0.690. The molecule has 1 atom stereocenters. The molecule has 1 saturated heterocycles. The van der Waals surface area contributed by atoms with Gasteiger partial charge in [0.05, 0.1) is 9.83 Å². The maximum absolute atomic E-state index is 12.9. The molecule has 0 N–H and O–H groups in total. The van der Waals surface area contributed by atoms with Gasteiger partial charge in [-0.3, -0.25) is 0 Å². The molecule has 0 saturated carbocycles. The minimum atomic E-state index is -3.42. The second kappa shape index (κ2) is 5.83. The number of aryl methyl sites for hydroxylation is 1. The van der Waals surface area contributed by atoms with Crippen molar-refractivity contribution in [3.05, 3.63) is 51.3 Å². The van der Waals surface area contributed by atoms with Crippen LogP contribution in [0.15, 0.2) is 44.4 Å². The number of nitrogens with zero attached hydrogens (tertiary/aromatic N) is 1. The Morgan fingerprint density at radius 3 is 2.62 bits per heavy atom. The lowest BCUT2D eigenvalue weighted by Crippen LogP contribution is -2.30. The average molecular weight is 386 g/mol. The van der Waals surface area contributed by atoms with E-state index in [1.165, 1.54) is 11.3 Å². The van der Waals surface area contributed by atoms with Crippen LogP contribution in [0, 0.1) is 6.92 Å². The molecule has 0 amide bonds. The molecule has 3 nitrogen and oxygen atoms in total. The molecule has 1 aliphatic heterocycles. The molecule has 21 heavy (non-hydrogen) atoms. The minimum absolute atomic E-state index is 0.0441. The first-order chi connectivity index (χ1) is 10.00. The van der Waals surface area contributed by atoms with Gasteiger partial charge in [-0.25, -0.2) is 8.42 Å². The fourth-order valence-electron chi connectivity index (χ4n) is 2.71. The smallest absolute Gasteiger partial charge is 0.206 e. The van der Waals surface area contributed by atoms with Gasteiger partial charge in [-0.15, -0.1) is 11.3 Å². The topological polar surface area (TPSA) is 37.4 Å². The summed E-state index contributed by atoms with van der Waals surface area (Å²) in [5.74, 6) is 0. The zero-order valence-electron chi connectivity index (χ0n) is 11.6. The van der Waals surface area contributed by atoms with E-state index >= 15 is 0 Å². The highest BCUT2D eigenvalue weighted by Gasteiger charge is 2.37. The third kappa shape index (κ3) is 2.82. The number of halogens is 1.